The molecule has 4 rings (SSSR count). The molecule has 0 bridgehead atoms. The van der Waals surface area contributed by atoms with Gasteiger partial charge < -0.3 is 18.9 Å². The number of ether oxygens (including phenoxy) is 2. The summed E-state index contributed by atoms with van der Waals surface area (Å²) in [5, 5.41) is 0. The number of benzene rings is 2. The summed E-state index contributed by atoms with van der Waals surface area (Å²) in [7, 11) is 1.94. The van der Waals surface area contributed by atoms with Gasteiger partial charge in [-0.2, -0.15) is 0 Å². The van der Waals surface area contributed by atoms with Gasteiger partial charge in [0.25, 0.3) is 5.91 Å². The molecule has 6 nitrogen and oxygen atoms in total. The number of aryl methyl sites for hydroxylation is 2. The summed E-state index contributed by atoms with van der Waals surface area (Å²) in [5.74, 6) is 2.06. The van der Waals surface area contributed by atoms with Crippen LogP contribution in [0.5, 0.6) is 11.5 Å². The van der Waals surface area contributed by atoms with E-state index in [9.17, 15) is 4.79 Å². The SMILES string of the molecule is Cn1ccnc1CN(CCCc1ccccc1)C(=O)[C@H]1COc2ccccc2O1. The standard InChI is InChI=1S/C23H25N3O3/c1-25-15-13-24-22(25)16-26(14-7-10-18-8-3-2-4-9-18)23(27)21-17-28-19-11-5-6-12-20(19)29-21/h2-6,8-9,11-13,15,21H,7,10,14,16-17H2,1H3/t21-/m1/s1. The summed E-state index contributed by atoms with van der Waals surface area (Å²) < 4.78 is 13.6. The van der Waals surface area contributed by atoms with Crippen LogP contribution in [-0.2, 0) is 24.8 Å². The average molecular weight is 391 g/mol. The largest absolute Gasteiger partial charge is 0.485 e. The highest BCUT2D eigenvalue weighted by atomic mass is 16.6. The number of nitrogens with zero attached hydrogens (tertiary/aromatic N) is 3. The highest BCUT2D eigenvalue weighted by Crippen LogP contribution is 2.31. The Morgan fingerprint density at radius 2 is 1.90 bits per heavy atom. The number of carbonyl (C=O) groups excluding carboxylic acids is 1. The number of imidazole rings is 1. The van der Waals surface area contributed by atoms with E-state index in [4.69, 9.17) is 9.47 Å². The molecule has 0 N–H and O–H groups in total. The topological polar surface area (TPSA) is 56.6 Å². The lowest BCUT2D eigenvalue weighted by molar-refractivity contribution is -0.142. The lowest BCUT2D eigenvalue weighted by Crippen LogP contribution is -2.46. The van der Waals surface area contributed by atoms with Gasteiger partial charge in [0.05, 0.1) is 6.54 Å². The van der Waals surface area contributed by atoms with Crippen LogP contribution >= 0.6 is 0 Å². The van der Waals surface area contributed by atoms with Crippen LogP contribution in [0.2, 0.25) is 0 Å². The Morgan fingerprint density at radius 1 is 1.14 bits per heavy atom. The molecule has 6 heteroatoms. The Hall–Kier alpha value is -3.28. The van der Waals surface area contributed by atoms with Gasteiger partial charge in [-0.1, -0.05) is 42.5 Å². The highest BCUT2D eigenvalue weighted by molar-refractivity contribution is 5.82. The van der Waals surface area contributed by atoms with Crippen LogP contribution in [0.4, 0.5) is 0 Å². The summed E-state index contributed by atoms with van der Waals surface area (Å²) in [6, 6.07) is 17.8. The quantitative estimate of drug-likeness (QED) is 0.621. The fourth-order valence-corrected chi connectivity index (χ4v) is 3.45. The van der Waals surface area contributed by atoms with Crippen molar-refractivity contribution < 1.29 is 14.3 Å². The van der Waals surface area contributed by atoms with Crippen LogP contribution in [0.25, 0.3) is 0 Å². The Kier molecular flexibility index (Phi) is 5.79. The normalized spacial score (nSPS) is 15.1. The van der Waals surface area contributed by atoms with Crippen LogP contribution in [0.3, 0.4) is 0 Å². The molecule has 1 aliphatic heterocycles. The Labute approximate surface area is 170 Å². The lowest BCUT2D eigenvalue weighted by atomic mass is 10.1. The van der Waals surface area contributed by atoms with Gasteiger partial charge in [0.1, 0.15) is 12.4 Å². The Morgan fingerprint density at radius 3 is 2.66 bits per heavy atom. The molecule has 0 fully saturated rings. The van der Waals surface area contributed by atoms with Crippen LogP contribution in [-0.4, -0.2) is 39.6 Å². The van der Waals surface area contributed by atoms with Crippen molar-refractivity contribution in [1.82, 2.24) is 14.5 Å². The fraction of sp³-hybridized carbons (Fsp3) is 0.304. The number of amides is 1. The molecule has 1 aromatic heterocycles. The van der Waals surface area contributed by atoms with Crippen LogP contribution in [0, 0.1) is 0 Å². The fourth-order valence-electron chi connectivity index (χ4n) is 3.45. The summed E-state index contributed by atoms with van der Waals surface area (Å²) in [6.07, 6.45) is 4.76. The smallest absolute Gasteiger partial charge is 0.267 e. The van der Waals surface area contributed by atoms with E-state index in [0.29, 0.717) is 24.6 Å². The van der Waals surface area contributed by atoms with E-state index in [1.54, 1.807) is 6.20 Å². The van der Waals surface area contributed by atoms with E-state index in [1.165, 1.54) is 5.56 Å². The second-order valence-electron chi connectivity index (χ2n) is 7.17. The van der Waals surface area contributed by atoms with Gasteiger partial charge in [0, 0.05) is 26.0 Å². The van der Waals surface area contributed by atoms with Gasteiger partial charge in [0.15, 0.2) is 11.5 Å². The molecular formula is C23H25N3O3. The molecule has 0 saturated carbocycles. The maximum Gasteiger partial charge on any atom is 0.267 e. The van der Waals surface area contributed by atoms with Crippen LogP contribution in [0.1, 0.15) is 17.8 Å². The van der Waals surface area contributed by atoms with Crippen molar-refractivity contribution in [2.45, 2.75) is 25.5 Å². The van der Waals surface area contributed by atoms with E-state index in [0.717, 1.165) is 18.7 Å². The predicted octanol–water partition coefficient (Wildman–Crippen LogP) is 3.22. The maximum atomic E-state index is 13.3. The van der Waals surface area contributed by atoms with Gasteiger partial charge in [-0.25, -0.2) is 4.98 Å². The molecule has 1 atom stereocenters. The van der Waals surface area contributed by atoms with Crippen molar-refractivity contribution in [2.24, 2.45) is 7.05 Å². The zero-order valence-electron chi connectivity index (χ0n) is 16.5. The molecule has 1 amide bonds. The van der Waals surface area contributed by atoms with E-state index >= 15 is 0 Å². The lowest BCUT2D eigenvalue weighted by Gasteiger charge is -2.30. The number of fused-ring (bicyclic) bond motifs is 1. The summed E-state index contributed by atoms with van der Waals surface area (Å²) in [5.41, 5.74) is 1.27. The molecule has 2 heterocycles. The number of para-hydroxylation sites is 2. The zero-order valence-corrected chi connectivity index (χ0v) is 16.5. The molecule has 0 aliphatic carbocycles. The first-order valence-corrected chi connectivity index (χ1v) is 9.88. The molecule has 150 valence electrons. The minimum atomic E-state index is -0.651. The minimum absolute atomic E-state index is 0.0736. The van der Waals surface area contributed by atoms with Crippen molar-refractivity contribution >= 4 is 5.91 Å². The first kappa shape index (κ1) is 19.1. The van der Waals surface area contributed by atoms with Gasteiger partial charge in [-0.3, -0.25) is 4.79 Å². The van der Waals surface area contributed by atoms with Gasteiger partial charge >= 0.3 is 0 Å². The molecule has 3 aromatic rings. The summed E-state index contributed by atoms with van der Waals surface area (Å²) in [6.45, 7) is 1.28. The molecule has 0 unspecified atom stereocenters. The molecule has 1 aliphatic rings. The van der Waals surface area contributed by atoms with E-state index < -0.39 is 6.10 Å². The van der Waals surface area contributed by atoms with Crippen LogP contribution in [0.15, 0.2) is 67.0 Å². The van der Waals surface area contributed by atoms with Crippen molar-refractivity contribution in [3.8, 4) is 11.5 Å². The van der Waals surface area contributed by atoms with Gasteiger partial charge in [-0.05, 0) is 30.5 Å². The third-order valence-corrected chi connectivity index (χ3v) is 5.09. The molecule has 0 saturated heterocycles. The van der Waals surface area contributed by atoms with Crippen LogP contribution < -0.4 is 9.47 Å². The van der Waals surface area contributed by atoms with Crippen molar-refractivity contribution in [2.75, 3.05) is 13.2 Å². The molecule has 0 spiro atoms. The van der Waals surface area contributed by atoms with Crippen molar-refractivity contribution in [3.63, 3.8) is 0 Å². The Bertz CT molecular complexity index is 955. The average Bonchev–Trinajstić information content (AvgIpc) is 3.17. The monoisotopic (exact) mass is 391 g/mol. The number of carbonyl (C=O) groups is 1. The molecule has 2 aromatic carbocycles. The maximum absolute atomic E-state index is 13.3. The number of rotatable bonds is 7. The summed E-state index contributed by atoms with van der Waals surface area (Å²) >= 11 is 0. The predicted molar refractivity (Wildman–Crippen MR) is 110 cm³/mol. The third kappa shape index (κ3) is 4.59. The van der Waals surface area contributed by atoms with E-state index in [2.05, 4.69) is 17.1 Å². The molecule has 29 heavy (non-hydrogen) atoms. The van der Waals surface area contributed by atoms with Gasteiger partial charge in [0.2, 0.25) is 6.10 Å². The first-order valence-electron chi connectivity index (χ1n) is 9.88. The summed E-state index contributed by atoms with van der Waals surface area (Å²) in [4.78, 5) is 19.5. The highest BCUT2D eigenvalue weighted by Gasteiger charge is 2.31. The second-order valence-corrected chi connectivity index (χ2v) is 7.17. The molecule has 0 radical (unpaired) electrons. The third-order valence-electron chi connectivity index (χ3n) is 5.09. The first-order chi connectivity index (χ1) is 14.2. The number of hydrogen-bond acceptors (Lipinski definition) is 4. The second kappa shape index (κ2) is 8.82. The number of aromatic nitrogens is 2. The van der Waals surface area contributed by atoms with Crippen molar-refractivity contribution in [1.29, 1.82) is 0 Å². The minimum Gasteiger partial charge on any atom is -0.485 e. The van der Waals surface area contributed by atoms with E-state index in [1.807, 2.05) is 65.2 Å². The number of hydrogen-bond donors (Lipinski definition) is 0. The van der Waals surface area contributed by atoms with Crippen molar-refractivity contribution in [3.05, 3.63) is 78.4 Å². The zero-order chi connectivity index (χ0) is 20.1. The van der Waals surface area contributed by atoms with Gasteiger partial charge in [-0.15, -0.1) is 0 Å². The Balaban J connectivity index is 1.45. The molecular weight excluding hydrogens is 366 g/mol. The van der Waals surface area contributed by atoms with E-state index in [-0.39, 0.29) is 12.5 Å².